The van der Waals surface area contributed by atoms with Crippen molar-refractivity contribution in [3.8, 4) is 0 Å². The van der Waals surface area contributed by atoms with Crippen LogP contribution in [0.1, 0.15) is 38.8 Å². The number of amides is 1. The zero-order chi connectivity index (χ0) is 16.9. The Morgan fingerprint density at radius 2 is 1.92 bits per heavy atom. The van der Waals surface area contributed by atoms with Crippen LogP contribution in [0.25, 0.3) is 0 Å². The number of carbonyl (C=O) groups is 1. The topological polar surface area (TPSA) is 54.9 Å². The third-order valence-electron chi connectivity index (χ3n) is 3.60. The van der Waals surface area contributed by atoms with Crippen molar-refractivity contribution in [2.45, 2.75) is 19.4 Å². The van der Waals surface area contributed by atoms with Crippen molar-refractivity contribution < 1.29 is 9.18 Å². The molecular weight excluding hydrogens is 325 g/mol. The van der Waals surface area contributed by atoms with Gasteiger partial charge < -0.3 is 5.32 Å². The molecule has 2 aromatic heterocycles. The highest BCUT2D eigenvalue weighted by Gasteiger charge is 2.14. The summed E-state index contributed by atoms with van der Waals surface area (Å²) in [6, 6.07) is 9.93. The molecule has 0 bridgehead atoms. The molecule has 3 aromatic rings. The summed E-state index contributed by atoms with van der Waals surface area (Å²) in [5.41, 5.74) is 1.96. The van der Waals surface area contributed by atoms with Crippen LogP contribution in [-0.4, -0.2) is 15.9 Å². The molecule has 0 saturated heterocycles. The van der Waals surface area contributed by atoms with Gasteiger partial charge in [-0.05, 0) is 42.3 Å². The Bertz CT molecular complexity index is 818. The molecule has 122 valence electrons. The summed E-state index contributed by atoms with van der Waals surface area (Å²) in [7, 11) is 0. The zero-order valence-electron chi connectivity index (χ0n) is 13.1. The molecule has 24 heavy (non-hydrogen) atoms. The van der Waals surface area contributed by atoms with E-state index in [0.717, 1.165) is 16.1 Å². The first-order valence-electron chi connectivity index (χ1n) is 7.52. The van der Waals surface area contributed by atoms with Gasteiger partial charge in [-0.2, -0.15) is 0 Å². The molecule has 0 aliphatic carbocycles. The van der Waals surface area contributed by atoms with Gasteiger partial charge in [0, 0.05) is 18.8 Å². The molecular formula is C18H16FN3OS. The highest BCUT2D eigenvalue weighted by atomic mass is 32.1. The summed E-state index contributed by atoms with van der Waals surface area (Å²) in [6.07, 6.45) is 5.56. The number of halogens is 1. The number of nitrogens with one attached hydrogen (secondary N) is 1. The van der Waals surface area contributed by atoms with Gasteiger partial charge in [0.1, 0.15) is 10.7 Å². The minimum absolute atomic E-state index is 0.108. The first kappa shape index (κ1) is 16.3. The highest BCUT2D eigenvalue weighted by Crippen LogP contribution is 2.19. The molecule has 0 unspecified atom stereocenters. The molecule has 0 aliphatic rings. The maximum atomic E-state index is 12.9. The van der Waals surface area contributed by atoms with Gasteiger partial charge >= 0.3 is 0 Å². The Labute approximate surface area is 143 Å². The van der Waals surface area contributed by atoms with Gasteiger partial charge in [0.05, 0.1) is 17.2 Å². The van der Waals surface area contributed by atoms with E-state index in [4.69, 9.17) is 0 Å². The Morgan fingerprint density at radius 3 is 2.62 bits per heavy atom. The largest absolute Gasteiger partial charge is 0.345 e. The molecule has 3 rings (SSSR count). The molecule has 1 aromatic carbocycles. The van der Waals surface area contributed by atoms with Crippen LogP contribution >= 0.6 is 11.3 Å². The number of benzene rings is 1. The molecule has 0 aliphatic heterocycles. The van der Waals surface area contributed by atoms with E-state index in [-0.39, 0.29) is 17.8 Å². The van der Waals surface area contributed by atoms with Crippen LogP contribution in [0.4, 0.5) is 4.39 Å². The smallest absolute Gasteiger partial charge is 0.263 e. The predicted octanol–water partition coefficient (Wildman–Crippen LogP) is 3.76. The number of hydrogen-bond acceptors (Lipinski definition) is 4. The van der Waals surface area contributed by atoms with E-state index in [2.05, 4.69) is 15.3 Å². The van der Waals surface area contributed by atoms with Crippen molar-refractivity contribution in [2.24, 2.45) is 0 Å². The second-order valence-electron chi connectivity index (χ2n) is 5.40. The second-order valence-corrected chi connectivity index (χ2v) is 6.51. The van der Waals surface area contributed by atoms with E-state index in [1.54, 1.807) is 30.7 Å². The lowest BCUT2D eigenvalue weighted by molar-refractivity contribution is 0.0944. The predicted molar refractivity (Wildman–Crippen MR) is 91.4 cm³/mol. The number of pyridine rings is 1. The lowest BCUT2D eigenvalue weighted by atomic mass is 10.1. The fourth-order valence-corrected chi connectivity index (χ4v) is 3.13. The molecule has 1 amide bonds. The minimum atomic E-state index is -0.261. The zero-order valence-corrected chi connectivity index (χ0v) is 13.9. The molecule has 0 spiro atoms. The van der Waals surface area contributed by atoms with Gasteiger partial charge in [-0.1, -0.05) is 12.1 Å². The molecule has 0 fully saturated rings. The van der Waals surface area contributed by atoms with E-state index in [0.29, 0.717) is 11.3 Å². The van der Waals surface area contributed by atoms with Crippen molar-refractivity contribution in [1.82, 2.24) is 15.3 Å². The Kier molecular flexibility index (Phi) is 4.96. The summed E-state index contributed by atoms with van der Waals surface area (Å²) in [4.78, 5) is 21.2. The van der Waals surface area contributed by atoms with Crippen molar-refractivity contribution in [1.29, 1.82) is 0 Å². The third kappa shape index (κ3) is 4.02. The Balaban J connectivity index is 1.64. The van der Waals surface area contributed by atoms with E-state index >= 15 is 0 Å². The van der Waals surface area contributed by atoms with Gasteiger partial charge in [0.2, 0.25) is 0 Å². The van der Waals surface area contributed by atoms with Crippen molar-refractivity contribution in [3.63, 3.8) is 0 Å². The summed E-state index contributed by atoms with van der Waals surface area (Å²) >= 11 is 1.35. The first-order chi connectivity index (χ1) is 11.6. The standard InChI is InChI=1S/C18H16FN3OS/c1-12(14-6-8-20-9-7-14)22-18(23)16-11-21-17(24-16)10-13-2-4-15(19)5-3-13/h2-9,11-12H,10H2,1H3,(H,22,23)/t12-/m0/s1. The summed E-state index contributed by atoms with van der Waals surface area (Å²) in [5, 5.41) is 3.77. The van der Waals surface area contributed by atoms with Gasteiger partial charge in [-0.25, -0.2) is 9.37 Å². The summed E-state index contributed by atoms with van der Waals surface area (Å²) in [5.74, 6) is -0.412. The summed E-state index contributed by atoms with van der Waals surface area (Å²) < 4.78 is 12.9. The van der Waals surface area contributed by atoms with Crippen molar-refractivity contribution in [2.75, 3.05) is 0 Å². The fourth-order valence-electron chi connectivity index (χ4n) is 2.28. The maximum absolute atomic E-state index is 12.9. The van der Waals surface area contributed by atoms with Crippen LogP contribution in [0.5, 0.6) is 0 Å². The minimum Gasteiger partial charge on any atom is -0.345 e. The number of nitrogens with zero attached hydrogens (tertiary/aromatic N) is 2. The molecule has 4 nitrogen and oxygen atoms in total. The van der Waals surface area contributed by atoms with Gasteiger partial charge in [-0.3, -0.25) is 9.78 Å². The van der Waals surface area contributed by atoms with Gasteiger partial charge in [0.15, 0.2) is 0 Å². The van der Waals surface area contributed by atoms with Crippen LogP contribution in [0, 0.1) is 5.82 Å². The van der Waals surface area contributed by atoms with Gasteiger partial charge in [-0.15, -0.1) is 11.3 Å². The quantitative estimate of drug-likeness (QED) is 0.769. The fraction of sp³-hybridized carbons (Fsp3) is 0.167. The molecule has 1 N–H and O–H groups in total. The number of carbonyl (C=O) groups excluding carboxylic acids is 1. The molecule has 2 heterocycles. The van der Waals surface area contributed by atoms with Crippen molar-refractivity contribution in [3.05, 3.63) is 81.8 Å². The lowest BCUT2D eigenvalue weighted by Crippen LogP contribution is -2.25. The summed E-state index contributed by atoms with van der Waals surface area (Å²) in [6.45, 7) is 1.92. The van der Waals surface area contributed by atoms with E-state index in [1.807, 2.05) is 19.1 Å². The lowest BCUT2D eigenvalue weighted by Gasteiger charge is -2.12. The van der Waals surface area contributed by atoms with E-state index in [9.17, 15) is 9.18 Å². The van der Waals surface area contributed by atoms with Crippen LogP contribution in [0.2, 0.25) is 0 Å². The number of hydrogen-bond donors (Lipinski definition) is 1. The van der Waals surface area contributed by atoms with E-state index in [1.165, 1.54) is 23.5 Å². The highest BCUT2D eigenvalue weighted by molar-refractivity contribution is 7.13. The van der Waals surface area contributed by atoms with Crippen LogP contribution in [0.3, 0.4) is 0 Å². The molecule has 0 saturated carbocycles. The van der Waals surface area contributed by atoms with E-state index < -0.39 is 0 Å². The van der Waals surface area contributed by atoms with Gasteiger partial charge in [0.25, 0.3) is 5.91 Å². The van der Waals surface area contributed by atoms with Crippen LogP contribution in [-0.2, 0) is 6.42 Å². The monoisotopic (exact) mass is 341 g/mol. The number of aromatic nitrogens is 2. The normalized spacial score (nSPS) is 11.9. The average molecular weight is 341 g/mol. The average Bonchev–Trinajstić information content (AvgIpc) is 3.06. The SMILES string of the molecule is C[C@H](NC(=O)c1cnc(Cc2ccc(F)cc2)s1)c1ccncc1. The maximum Gasteiger partial charge on any atom is 0.263 e. The molecule has 6 heteroatoms. The van der Waals surface area contributed by atoms with Crippen LogP contribution < -0.4 is 5.32 Å². The Morgan fingerprint density at radius 1 is 1.21 bits per heavy atom. The molecule has 0 radical (unpaired) electrons. The second kappa shape index (κ2) is 7.31. The third-order valence-corrected chi connectivity index (χ3v) is 4.60. The first-order valence-corrected chi connectivity index (χ1v) is 8.33. The van der Waals surface area contributed by atoms with Crippen LogP contribution in [0.15, 0.2) is 55.0 Å². The Hall–Kier alpha value is -2.60. The van der Waals surface area contributed by atoms with Crippen molar-refractivity contribution >= 4 is 17.2 Å². The molecule has 1 atom stereocenters. The number of rotatable bonds is 5. The number of thiazole rings is 1.